The van der Waals surface area contributed by atoms with Gasteiger partial charge in [0.1, 0.15) is 6.61 Å². The highest BCUT2D eigenvalue weighted by molar-refractivity contribution is 7.80. The summed E-state index contributed by atoms with van der Waals surface area (Å²) >= 11 is 10.7. The molecule has 4 heteroatoms. The van der Waals surface area contributed by atoms with Gasteiger partial charge in [-0.2, -0.15) is 0 Å². The van der Waals surface area contributed by atoms with Gasteiger partial charge >= 0.3 is 0 Å². The van der Waals surface area contributed by atoms with Crippen LogP contribution in [0.1, 0.15) is 5.56 Å². The molecule has 0 heterocycles. The minimum Gasteiger partial charge on any atom is -0.482 e. The Bertz CT molecular complexity index is 286. The standard InChI is InChI=1S/C9H10ClNOS/c10-8-3-1-7(2-4-8)9(13)12-6-5-11/h1-4H,5-6,11H2. The molecule has 0 spiro atoms. The van der Waals surface area contributed by atoms with Crippen molar-refractivity contribution < 1.29 is 4.74 Å². The van der Waals surface area contributed by atoms with Crippen LogP contribution >= 0.6 is 23.8 Å². The zero-order valence-electron chi connectivity index (χ0n) is 7.00. The number of benzene rings is 1. The van der Waals surface area contributed by atoms with E-state index < -0.39 is 0 Å². The molecule has 1 aromatic rings. The Morgan fingerprint density at radius 3 is 2.54 bits per heavy atom. The lowest BCUT2D eigenvalue weighted by molar-refractivity contribution is 0.325. The molecule has 0 saturated heterocycles. The minimum absolute atomic E-state index is 0.446. The highest BCUT2D eigenvalue weighted by atomic mass is 35.5. The average molecular weight is 216 g/mol. The summed E-state index contributed by atoms with van der Waals surface area (Å²) in [5.74, 6) is 0. The van der Waals surface area contributed by atoms with Gasteiger partial charge in [0, 0.05) is 17.1 Å². The number of halogens is 1. The van der Waals surface area contributed by atoms with Crippen molar-refractivity contribution >= 4 is 28.9 Å². The van der Waals surface area contributed by atoms with E-state index >= 15 is 0 Å². The van der Waals surface area contributed by atoms with E-state index in [9.17, 15) is 0 Å². The van der Waals surface area contributed by atoms with Crippen LogP contribution in [0.15, 0.2) is 24.3 Å². The molecule has 13 heavy (non-hydrogen) atoms. The fourth-order valence-electron chi connectivity index (χ4n) is 0.821. The Labute approximate surface area is 87.6 Å². The molecule has 70 valence electrons. The molecule has 0 amide bonds. The lowest BCUT2D eigenvalue weighted by atomic mass is 10.2. The van der Waals surface area contributed by atoms with E-state index in [2.05, 4.69) is 0 Å². The maximum absolute atomic E-state index is 5.72. The number of thiocarbonyl (C=S) groups is 1. The van der Waals surface area contributed by atoms with Crippen molar-refractivity contribution in [2.24, 2.45) is 5.73 Å². The lowest BCUT2D eigenvalue weighted by Crippen LogP contribution is -2.12. The van der Waals surface area contributed by atoms with Gasteiger partial charge in [-0.25, -0.2) is 0 Å². The van der Waals surface area contributed by atoms with Crippen LogP contribution in [0.3, 0.4) is 0 Å². The van der Waals surface area contributed by atoms with Crippen LogP contribution in [0.5, 0.6) is 0 Å². The number of rotatable bonds is 3. The Morgan fingerprint density at radius 2 is 2.00 bits per heavy atom. The molecule has 0 unspecified atom stereocenters. The van der Waals surface area contributed by atoms with Crippen molar-refractivity contribution in [3.05, 3.63) is 34.9 Å². The second-order valence-corrected chi connectivity index (χ2v) is 3.24. The van der Waals surface area contributed by atoms with Gasteiger partial charge in [-0.15, -0.1) is 0 Å². The molecular weight excluding hydrogens is 206 g/mol. The Morgan fingerprint density at radius 1 is 1.38 bits per heavy atom. The van der Waals surface area contributed by atoms with Crippen molar-refractivity contribution in [2.45, 2.75) is 0 Å². The molecule has 1 aromatic carbocycles. The first-order valence-corrected chi connectivity index (χ1v) is 4.65. The van der Waals surface area contributed by atoms with E-state index in [1.807, 2.05) is 12.1 Å². The molecule has 0 radical (unpaired) electrons. The molecule has 0 fully saturated rings. The summed E-state index contributed by atoms with van der Waals surface area (Å²) in [5, 5.41) is 1.15. The molecule has 0 aliphatic heterocycles. The number of hydrogen-bond acceptors (Lipinski definition) is 3. The van der Waals surface area contributed by atoms with Gasteiger partial charge in [0.25, 0.3) is 0 Å². The monoisotopic (exact) mass is 215 g/mol. The SMILES string of the molecule is NCCOC(=S)c1ccc(Cl)cc1. The smallest absolute Gasteiger partial charge is 0.191 e. The van der Waals surface area contributed by atoms with Crippen molar-refractivity contribution in [1.82, 2.24) is 0 Å². The topological polar surface area (TPSA) is 35.2 Å². The largest absolute Gasteiger partial charge is 0.482 e. The first-order chi connectivity index (χ1) is 6.24. The van der Waals surface area contributed by atoms with Crippen LogP contribution in [-0.2, 0) is 4.74 Å². The Hall–Kier alpha value is -0.640. The molecule has 0 atom stereocenters. The Kier molecular flexibility index (Phi) is 4.15. The molecule has 2 N–H and O–H groups in total. The molecule has 0 bridgehead atoms. The summed E-state index contributed by atoms with van der Waals surface area (Å²) in [5.41, 5.74) is 6.13. The summed E-state index contributed by atoms with van der Waals surface area (Å²) in [6, 6.07) is 7.19. The van der Waals surface area contributed by atoms with Gasteiger partial charge in [-0.3, -0.25) is 0 Å². The summed E-state index contributed by atoms with van der Waals surface area (Å²) < 4.78 is 5.18. The summed E-state index contributed by atoms with van der Waals surface area (Å²) in [6.45, 7) is 0.912. The first-order valence-electron chi connectivity index (χ1n) is 3.87. The predicted molar refractivity (Wildman–Crippen MR) is 58.2 cm³/mol. The van der Waals surface area contributed by atoms with Gasteiger partial charge in [0.05, 0.1) is 0 Å². The number of ether oxygens (including phenoxy) is 1. The van der Waals surface area contributed by atoms with Crippen molar-refractivity contribution in [2.75, 3.05) is 13.2 Å². The fourth-order valence-corrected chi connectivity index (χ4v) is 1.17. The van der Waals surface area contributed by atoms with Crippen molar-refractivity contribution in [3.63, 3.8) is 0 Å². The van der Waals surface area contributed by atoms with Crippen molar-refractivity contribution in [3.8, 4) is 0 Å². The highest BCUT2D eigenvalue weighted by Gasteiger charge is 2.00. The normalized spacial score (nSPS) is 9.69. The fraction of sp³-hybridized carbons (Fsp3) is 0.222. The van der Waals surface area contributed by atoms with Crippen LogP contribution in [0.25, 0.3) is 0 Å². The van der Waals surface area contributed by atoms with Crippen molar-refractivity contribution in [1.29, 1.82) is 0 Å². The van der Waals surface area contributed by atoms with E-state index in [0.29, 0.717) is 23.2 Å². The molecule has 0 aromatic heterocycles. The summed E-state index contributed by atoms with van der Waals surface area (Å²) in [6.07, 6.45) is 0. The maximum Gasteiger partial charge on any atom is 0.191 e. The second-order valence-electron chi connectivity index (χ2n) is 2.43. The minimum atomic E-state index is 0.446. The third kappa shape index (κ3) is 3.30. The van der Waals surface area contributed by atoms with Crippen LogP contribution < -0.4 is 5.73 Å². The first kappa shape index (κ1) is 10.4. The second kappa shape index (κ2) is 5.17. The number of nitrogens with two attached hydrogens (primary N) is 1. The molecule has 2 nitrogen and oxygen atoms in total. The Balaban J connectivity index is 2.61. The molecule has 0 aliphatic carbocycles. The molecule has 0 aliphatic rings. The van der Waals surface area contributed by atoms with Gasteiger partial charge in [0.2, 0.25) is 0 Å². The van der Waals surface area contributed by atoms with Crippen LogP contribution in [0, 0.1) is 0 Å². The predicted octanol–water partition coefficient (Wildman–Crippen LogP) is 1.99. The molecular formula is C9H10ClNOS. The maximum atomic E-state index is 5.72. The highest BCUT2D eigenvalue weighted by Crippen LogP contribution is 2.10. The van der Waals surface area contributed by atoms with E-state index in [1.165, 1.54) is 0 Å². The van der Waals surface area contributed by atoms with E-state index in [0.717, 1.165) is 5.56 Å². The zero-order chi connectivity index (χ0) is 9.68. The third-order valence-corrected chi connectivity index (χ3v) is 2.04. The van der Waals surface area contributed by atoms with Gasteiger partial charge < -0.3 is 10.5 Å². The van der Waals surface area contributed by atoms with Crippen LogP contribution in [-0.4, -0.2) is 18.2 Å². The van der Waals surface area contributed by atoms with E-state index in [1.54, 1.807) is 12.1 Å². The third-order valence-electron chi connectivity index (χ3n) is 1.43. The average Bonchev–Trinajstić information content (AvgIpc) is 2.15. The van der Waals surface area contributed by atoms with Gasteiger partial charge in [-0.1, -0.05) is 11.6 Å². The van der Waals surface area contributed by atoms with Gasteiger partial charge in [-0.05, 0) is 36.5 Å². The molecule has 1 rings (SSSR count). The van der Waals surface area contributed by atoms with Crippen LogP contribution in [0.4, 0.5) is 0 Å². The number of hydrogen-bond donors (Lipinski definition) is 1. The summed E-state index contributed by atoms with van der Waals surface area (Å²) in [7, 11) is 0. The zero-order valence-corrected chi connectivity index (χ0v) is 8.57. The van der Waals surface area contributed by atoms with E-state index in [-0.39, 0.29) is 0 Å². The molecule has 0 saturated carbocycles. The van der Waals surface area contributed by atoms with Crippen LogP contribution in [0.2, 0.25) is 5.02 Å². The quantitative estimate of drug-likeness (QED) is 0.784. The lowest BCUT2D eigenvalue weighted by Gasteiger charge is -2.05. The summed E-state index contributed by atoms with van der Waals surface area (Å²) in [4.78, 5) is 0. The van der Waals surface area contributed by atoms with E-state index in [4.69, 9.17) is 34.3 Å². The van der Waals surface area contributed by atoms with Gasteiger partial charge in [0.15, 0.2) is 5.05 Å².